The predicted octanol–water partition coefficient (Wildman–Crippen LogP) is 2.72. The average Bonchev–Trinajstić information content (AvgIpc) is 3.27. The molecule has 25 heavy (non-hydrogen) atoms. The van der Waals surface area contributed by atoms with Gasteiger partial charge in [-0.15, -0.1) is 11.3 Å². The number of hydrogen-bond acceptors (Lipinski definition) is 5. The normalized spacial score (nSPS) is 16.4. The summed E-state index contributed by atoms with van der Waals surface area (Å²) in [4.78, 5) is 10.8. The lowest BCUT2D eigenvalue weighted by Crippen LogP contribution is -2.52. The molecule has 2 aromatic heterocycles. The fourth-order valence-corrected chi connectivity index (χ4v) is 3.93. The summed E-state index contributed by atoms with van der Waals surface area (Å²) in [6.45, 7) is 8.53. The van der Waals surface area contributed by atoms with E-state index in [1.165, 1.54) is 4.88 Å². The molecule has 3 rings (SSSR count). The van der Waals surface area contributed by atoms with Gasteiger partial charge in [-0.2, -0.15) is 0 Å². The molecule has 0 aliphatic carbocycles. The fourth-order valence-electron chi connectivity index (χ4n) is 2.85. The van der Waals surface area contributed by atoms with Gasteiger partial charge in [0.15, 0.2) is 5.96 Å². The van der Waals surface area contributed by atoms with Crippen molar-refractivity contribution in [3.05, 3.63) is 39.4 Å². The molecule has 1 aliphatic rings. The zero-order chi connectivity index (χ0) is 17.5. The van der Waals surface area contributed by atoms with Crippen molar-refractivity contribution in [3.63, 3.8) is 0 Å². The number of nitrogens with one attached hydrogen (secondary N) is 1. The molecule has 0 bridgehead atoms. The van der Waals surface area contributed by atoms with E-state index in [-0.39, 0.29) is 0 Å². The molecular weight excluding hydrogens is 358 g/mol. The van der Waals surface area contributed by atoms with Gasteiger partial charge < -0.3 is 14.7 Å². The number of aliphatic imine (C=N–C) groups is 1. The van der Waals surface area contributed by atoms with Crippen molar-refractivity contribution in [2.45, 2.75) is 19.9 Å². The Morgan fingerprint density at radius 1 is 1.32 bits per heavy atom. The molecule has 0 amide bonds. The van der Waals surface area contributed by atoms with Crippen LogP contribution in [0, 0.1) is 0 Å². The average molecular weight is 382 g/mol. The number of piperazine rings is 1. The van der Waals surface area contributed by atoms with Crippen molar-refractivity contribution in [1.82, 2.24) is 20.3 Å². The Morgan fingerprint density at radius 3 is 2.80 bits per heavy atom. The number of thiophene rings is 1. The second kappa shape index (κ2) is 9.22. The number of guanidine groups is 1. The van der Waals surface area contributed by atoms with E-state index < -0.39 is 0 Å². The molecule has 6 nitrogen and oxygen atoms in total. The van der Waals surface area contributed by atoms with Crippen LogP contribution in [0.1, 0.15) is 17.5 Å². The summed E-state index contributed by atoms with van der Waals surface area (Å²) in [6.07, 6.45) is 2.56. The molecule has 0 aromatic carbocycles. The summed E-state index contributed by atoms with van der Waals surface area (Å²) in [5.74, 6) is 1.01. The van der Waals surface area contributed by atoms with E-state index in [2.05, 4.69) is 33.3 Å². The molecule has 3 heterocycles. The minimum Gasteiger partial charge on any atom is -0.364 e. The third kappa shape index (κ3) is 5.45. The van der Waals surface area contributed by atoms with Crippen LogP contribution in [0.25, 0.3) is 0 Å². The summed E-state index contributed by atoms with van der Waals surface area (Å²) >= 11 is 7.62. The van der Waals surface area contributed by atoms with Crippen LogP contribution in [0.15, 0.2) is 34.0 Å². The Hall–Kier alpha value is -1.57. The lowest BCUT2D eigenvalue weighted by molar-refractivity contribution is 0.169. The zero-order valence-corrected chi connectivity index (χ0v) is 16.0. The fraction of sp³-hybridized carbons (Fsp3) is 0.529. The molecule has 136 valence electrons. The van der Waals surface area contributed by atoms with Gasteiger partial charge in [-0.3, -0.25) is 9.89 Å². The minimum atomic E-state index is 0.776. The predicted molar refractivity (Wildman–Crippen MR) is 102 cm³/mol. The number of halogens is 1. The maximum absolute atomic E-state index is 5.98. The van der Waals surface area contributed by atoms with Crippen LogP contribution in [0.4, 0.5) is 0 Å². The van der Waals surface area contributed by atoms with Crippen molar-refractivity contribution in [1.29, 1.82) is 0 Å². The number of rotatable bonds is 6. The van der Waals surface area contributed by atoms with Crippen LogP contribution in [0.5, 0.6) is 0 Å². The van der Waals surface area contributed by atoms with E-state index in [4.69, 9.17) is 21.1 Å². The van der Waals surface area contributed by atoms with Gasteiger partial charge in [0.25, 0.3) is 0 Å². The van der Waals surface area contributed by atoms with Crippen molar-refractivity contribution >= 4 is 28.9 Å². The molecule has 2 aromatic rings. The van der Waals surface area contributed by atoms with Crippen LogP contribution in [0.3, 0.4) is 0 Å². The zero-order valence-electron chi connectivity index (χ0n) is 14.4. The summed E-state index contributed by atoms with van der Waals surface area (Å²) in [5.41, 5.74) is 0.989. The Bertz CT molecular complexity index is 664. The molecule has 1 saturated heterocycles. The molecule has 8 heteroatoms. The van der Waals surface area contributed by atoms with E-state index in [1.54, 1.807) is 17.6 Å². The molecule has 0 radical (unpaired) electrons. The van der Waals surface area contributed by atoms with Gasteiger partial charge in [0, 0.05) is 63.2 Å². The van der Waals surface area contributed by atoms with Gasteiger partial charge in [0.1, 0.15) is 6.26 Å². The topological polar surface area (TPSA) is 56.9 Å². The lowest BCUT2D eigenvalue weighted by atomic mass is 10.3. The van der Waals surface area contributed by atoms with E-state index in [9.17, 15) is 0 Å². The SMILES string of the molecule is CCNC(=NCCc1ccc(Cl)s1)N1CCN(Cc2ccon2)CC1. The summed E-state index contributed by atoms with van der Waals surface area (Å²) in [6, 6.07) is 5.96. The maximum atomic E-state index is 5.98. The van der Waals surface area contributed by atoms with E-state index in [0.717, 1.165) is 68.2 Å². The first kappa shape index (κ1) is 18.2. The van der Waals surface area contributed by atoms with E-state index in [1.807, 2.05) is 12.1 Å². The molecule has 0 atom stereocenters. The maximum Gasteiger partial charge on any atom is 0.194 e. The Morgan fingerprint density at radius 2 is 2.16 bits per heavy atom. The monoisotopic (exact) mass is 381 g/mol. The van der Waals surface area contributed by atoms with Crippen molar-refractivity contribution < 1.29 is 4.52 Å². The Labute approximate surface area is 157 Å². The molecular formula is C17H24ClN5OS. The first-order chi connectivity index (χ1) is 12.2. The molecule has 0 saturated carbocycles. The van der Waals surface area contributed by atoms with Crippen LogP contribution >= 0.6 is 22.9 Å². The number of nitrogens with zero attached hydrogens (tertiary/aromatic N) is 4. The first-order valence-electron chi connectivity index (χ1n) is 8.63. The van der Waals surface area contributed by atoms with E-state index in [0.29, 0.717) is 0 Å². The molecule has 1 aliphatic heterocycles. The first-order valence-corrected chi connectivity index (χ1v) is 9.83. The lowest BCUT2D eigenvalue weighted by Gasteiger charge is -2.36. The summed E-state index contributed by atoms with van der Waals surface area (Å²) in [7, 11) is 0. The largest absolute Gasteiger partial charge is 0.364 e. The van der Waals surface area contributed by atoms with Gasteiger partial charge in [-0.05, 0) is 19.1 Å². The molecule has 1 fully saturated rings. The smallest absolute Gasteiger partial charge is 0.194 e. The highest BCUT2D eigenvalue weighted by Gasteiger charge is 2.20. The van der Waals surface area contributed by atoms with Gasteiger partial charge in [-0.1, -0.05) is 16.8 Å². The standard InChI is InChI=1S/C17H24ClN5OS/c1-2-19-17(20-7-5-15-3-4-16(18)25-15)23-10-8-22(9-11-23)13-14-6-12-24-21-14/h3-4,6,12H,2,5,7-11,13H2,1H3,(H,19,20). The third-order valence-electron chi connectivity index (χ3n) is 4.13. The second-order valence-corrected chi connectivity index (χ2v) is 7.75. The quantitative estimate of drug-likeness (QED) is 0.616. The number of hydrogen-bond donors (Lipinski definition) is 1. The van der Waals surface area contributed by atoms with Gasteiger partial charge in [-0.25, -0.2) is 0 Å². The van der Waals surface area contributed by atoms with Crippen LogP contribution < -0.4 is 5.32 Å². The minimum absolute atomic E-state index is 0.776. The van der Waals surface area contributed by atoms with Crippen LogP contribution in [-0.2, 0) is 13.0 Å². The molecule has 0 unspecified atom stereocenters. The van der Waals surface area contributed by atoms with Crippen LogP contribution in [0.2, 0.25) is 4.34 Å². The summed E-state index contributed by atoms with van der Waals surface area (Å²) < 4.78 is 5.75. The van der Waals surface area contributed by atoms with Crippen molar-refractivity contribution in [2.24, 2.45) is 4.99 Å². The van der Waals surface area contributed by atoms with Gasteiger partial charge in [0.2, 0.25) is 0 Å². The molecule has 0 spiro atoms. The van der Waals surface area contributed by atoms with Gasteiger partial charge >= 0.3 is 0 Å². The number of aromatic nitrogens is 1. The Kier molecular flexibility index (Phi) is 6.72. The van der Waals surface area contributed by atoms with Gasteiger partial charge in [0.05, 0.1) is 10.0 Å². The molecule has 1 N–H and O–H groups in total. The highest BCUT2D eigenvalue weighted by Crippen LogP contribution is 2.21. The summed E-state index contributed by atoms with van der Waals surface area (Å²) in [5, 5.41) is 7.40. The van der Waals surface area contributed by atoms with Crippen molar-refractivity contribution in [3.8, 4) is 0 Å². The van der Waals surface area contributed by atoms with Crippen LogP contribution in [-0.4, -0.2) is 60.2 Å². The second-order valence-electron chi connectivity index (χ2n) is 5.95. The third-order valence-corrected chi connectivity index (χ3v) is 5.42. The highest BCUT2D eigenvalue weighted by molar-refractivity contribution is 7.16. The van der Waals surface area contributed by atoms with Crippen molar-refractivity contribution in [2.75, 3.05) is 39.3 Å². The van der Waals surface area contributed by atoms with E-state index >= 15 is 0 Å². The Balaban J connectivity index is 1.49. The highest BCUT2D eigenvalue weighted by atomic mass is 35.5.